The van der Waals surface area contributed by atoms with E-state index in [-0.39, 0.29) is 12.4 Å². The predicted molar refractivity (Wildman–Crippen MR) is 75.9 cm³/mol. The molecule has 0 amide bonds. The SMILES string of the molecule is CC(N)(C(=O)OCc1ccccc1)c1ccc(O)cc1. The average molecular weight is 271 g/mol. The average Bonchev–Trinajstić information content (AvgIpc) is 2.46. The lowest BCUT2D eigenvalue weighted by molar-refractivity contribution is -0.151. The molecule has 0 fully saturated rings. The molecule has 0 saturated carbocycles. The maximum Gasteiger partial charge on any atom is 0.330 e. The fraction of sp³-hybridized carbons (Fsp3) is 0.188. The zero-order valence-electron chi connectivity index (χ0n) is 11.2. The van der Waals surface area contributed by atoms with Crippen molar-refractivity contribution in [1.29, 1.82) is 0 Å². The van der Waals surface area contributed by atoms with E-state index in [2.05, 4.69) is 0 Å². The van der Waals surface area contributed by atoms with E-state index in [4.69, 9.17) is 10.5 Å². The highest BCUT2D eigenvalue weighted by Crippen LogP contribution is 2.22. The number of benzene rings is 2. The molecule has 0 aliphatic heterocycles. The molecule has 0 aromatic heterocycles. The molecule has 1 unspecified atom stereocenters. The molecule has 0 bridgehead atoms. The van der Waals surface area contributed by atoms with Crippen LogP contribution in [-0.2, 0) is 21.7 Å². The highest BCUT2D eigenvalue weighted by Gasteiger charge is 2.32. The first kappa shape index (κ1) is 14.1. The molecule has 0 aliphatic rings. The second kappa shape index (κ2) is 5.75. The van der Waals surface area contributed by atoms with Gasteiger partial charge in [0.15, 0.2) is 0 Å². The van der Waals surface area contributed by atoms with Crippen LogP contribution in [0.25, 0.3) is 0 Å². The molecule has 1 atom stereocenters. The molecule has 2 aromatic carbocycles. The Morgan fingerprint density at radius 2 is 1.75 bits per heavy atom. The molecule has 0 heterocycles. The first-order valence-electron chi connectivity index (χ1n) is 6.29. The third-order valence-electron chi connectivity index (χ3n) is 3.10. The van der Waals surface area contributed by atoms with Crippen LogP contribution in [-0.4, -0.2) is 11.1 Å². The Balaban J connectivity index is 2.05. The summed E-state index contributed by atoms with van der Waals surface area (Å²) in [7, 11) is 0. The molecular formula is C16H17NO3. The van der Waals surface area contributed by atoms with Crippen LogP contribution in [0.4, 0.5) is 0 Å². The first-order valence-corrected chi connectivity index (χ1v) is 6.29. The van der Waals surface area contributed by atoms with Crippen molar-refractivity contribution < 1.29 is 14.6 Å². The summed E-state index contributed by atoms with van der Waals surface area (Å²) in [5.74, 6) is -0.380. The Bertz CT molecular complexity index is 576. The van der Waals surface area contributed by atoms with E-state index in [9.17, 15) is 9.90 Å². The Labute approximate surface area is 117 Å². The fourth-order valence-electron chi connectivity index (χ4n) is 1.80. The van der Waals surface area contributed by atoms with Crippen LogP contribution in [0, 0.1) is 0 Å². The maximum atomic E-state index is 12.1. The van der Waals surface area contributed by atoms with Gasteiger partial charge in [0.05, 0.1) is 0 Å². The number of esters is 1. The van der Waals surface area contributed by atoms with E-state index in [1.807, 2.05) is 30.3 Å². The molecule has 104 valence electrons. The number of nitrogens with two attached hydrogens (primary N) is 1. The third-order valence-corrected chi connectivity index (χ3v) is 3.10. The van der Waals surface area contributed by atoms with Crippen molar-refractivity contribution in [3.8, 4) is 5.75 Å². The van der Waals surface area contributed by atoms with Crippen LogP contribution in [0.5, 0.6) is 5.75 Å². The Kier molecular flexibility index (Phi) is 4.05. The van der Waals surface area contributed by atoms with Crippen molar-refractivity contribution in [1.82, 2.24) is 0 Å². The number of phenolic OH excluding ortho intramolecular Hbond substituents is 1. The van der Waals surface area contributed by atoms with Gasteiger partial charge >= 0.3 is 5.97 Å². The summed E-state index contributed by atoms with van der Waals surface area (Å²) in [6.07, 6.45) is 0. The second-order valence-corrected chi connectivity index (χ2v) is 4.81. The summed E-state index contributed by atoms with van der Waals surface area (Å²) in [4.78, 5) is 12.1. The molecule has 0 radical (unpaired) electrons. The molecule has 0 spiro atoms. The normalized spacial score (nSPS) is 13.5. The van der Waals surface area contributed by atoms with Gasteiger partial charge in [-0.3, -0.25) is 0 Å². The van der Waals surface area contributed by atoms with Crippen molar-refractivity contribution in [3.63, 3.8) is 0 Å². The van der Waals surface area contributed by atoms with Gasteiger partial charge in [-0.05, 0) is 30.2 Å². The van der Waals surface area contributed by atoms with Crippen molar-refractivity contribution >= 4 is 5.97 Å². The summed E-state index contributed by atoms with van der Waals surface area (Å²) < 4.78 is 5.25. The Morgan fingerprint density at radius 3 is 2.35 bits per heavy atom. The smallest absolute Gasteiger partial charge is 0.330 e. The fourth-order valence-corrected chi connectivity index (χ4v) is 1.80. The van der Waals surface area contributed by atoms with Gasteiger partial charge in [-0.2, -0.15) is 0 Å². The van der Waals surface area contributed by atoms with E-state index < -0.39 is 11.5 Å². The van der Waals surface area contributed by atoms with Crippen molar-refractivity contribution in [2.45, 2.75) is 19.1 Å². The molecule has 0 aliphatic carbocycles. The summed E-state index contributed by atoms with van der Waals surface area (Å²) >= 11 is 0. The maximum absolute atomic E-state index is 12.1. The lowest BCUT2D eigenvalue weighted by Gasteiger charge is -2.23. The van der Waals surface area contributed by atoms with E-state index in [1.165, 1.54) is 12.1 Å². The zero-order chi connectivity index (χ0) is 14.6. The van der Waals surface area contributed by atoms with Gasteiger partial charge < -0.3 is 15.6 Å². The Hall–Kier alpha value is -2.33. The molecule has 4 nitrogen and oxygen atoms in total. The molecule has 4 heteroatoms. The monoisotopic (exact) mass is 271 g/mol. The van der Waals surface area contributed by atoms with Crippen LogP contribution >= 0.6 is 0 Å². The largest absolute Gasteiger partial charge is 0.508 e. The summed E-state index contributed by atoms with van der Waals surface area (Å²) in [5, 5.41) is 9.26. The summed E-state index contributed by atoms with van der Waals surface area (Å²) in [5.41, 5.74) is 6.29. The minimum absolute atomic E-state index is 0.127. The van der Waals surface area contributed by atoms with E-state index >= 15 is 0 Å². The van der Waals surface area contributed by atoms with E-state index in [1.54, 1.807) is 19.1 Å². The lowest BCUT2D eigenvalue weighted by Crippen LogP contribution is -2.43. The minimum Gasteiger partial charge on any atom is -0.508 e. The van der Waals surface area contributed by atoms with Crippen LogP contribution in [0.3, 0.4) is 0 Å². The van der Waals surface area contributed by atoms with Gasteiger partial charge in [0.2, 0.25) is 0 Å². The van der Waals surface area contributed by atoms with Gasteiger partial charge in [-0.15, -0.1) is 0 Å². The van der Waals surface area contributed by atoms with Crippen LogP contribution in [0.2, 0.25) is 0 Å². The van der Waals surface area contributed by atoms with Crippen LogP contribution < -0.4 is 5.73 Å². The molecule has 0 saturated heterocycles. The number of phenols is 1. The lowest BCUT2D eigenvalue weighted by atomic mass is 9.93. The standard InChI is InChI=1S/C16H17NO3/c1-16(17,13-7-9-14(18)10-8-13)15(19)20-11-12-5-3-2-4-6-12/h2-10,18H,11,17H2,1H3. The van der Waals surface area contributed by atoms with Gasteiger partial charge in [0.1, 0.15) is 17.9 Å². The third kappa shape index (κ3) is 3.16. The number of carbonyl (C=O) groups excluding carboxylic acids is 1. The molecule has 2 rings (SSSR count). The quantitative estimate of drug-likeness (QED) is 0.837. The van der Waals surface area contributed by atoms with E-state index in [0.29, 0.717) is 5.56 Å². The van der Waals surface area contributed by atoms with Gasteiger partial charge in [-0.25, -0.2) is 4.79 Å². The topological polar surface area (TPSA) is 72.6 Å². The highest BCUT2D eigenvalue weighted by molar-refractivity contribution is 5.81. The number of aromatic hydroxyl groups is 1. The van der Waals surface area contributed by atoms with Crippen molar-refractivity contribution in [3.05, 3.63) is 65.7 Å². The second-order valence-electron chi connectivity index (χ2n) is 4.81. The van der Waals surface area contributed by atoms with Crippen LogP contribution in [0.15, 0.2) is 54.6 Å². The Morgan fingerprint density at radius 1 is 1.15 bits per heavy atom. The van der Waals surface area contributed by atoms with Crippen LogP contribution in [0.1, 0.15) is 18.1 Å². The van der Waals surface area contributed by atoms with Crippen molar-refractivity contribution in [2.75, 3.05) is 0 Å². The zero-order valence-corrected chi connectivity index (χ0v) is 11.2. The number of hydrogen-bond donors (Lipinski definition) is 2. The van der Waals surface area contributed by atoms with Crippen molar-refractivity contribution in [2.24, 2.45) is 5.73 Å². The molecule has 2 aromatic rings. The van der Waals surface area contributed by atoms with Gasteiger partial charge in [0.25, 0.3) is 0 Å². The number of rotatable bonds is 4. The molecule has 20 heavy (non-hydrogen) atoms. The summed E-state index contributed by atoms with van der Waals surface area (Å²) in [6.45, 7) is 1.78. The van der Waals surface area contributed by atoms with Gasteiger partial charge in [0, 0.05) is 0 Å². The van der Waals surface area contributed by atoms with Gasteiger partial charge in [-0.1, -0.05) is 42.5 Å². The molecular weight excluding hydrogens is 254 g/mol. The number of carbonyl (C=O) groups is 1. The number of hydrogen-bond acceptors (Lipinski definition) is 4. The minimum atomic E-state index is -1.25. The molecule has 3 N–H and O–H groups in total. The number of ether oxygens (including phenoxy) is 1. The van der Waals surface area contributed by atoms with E-state index in [0.717, 1.165) is 5.56 Å². The predicted octanol–water partition coefficient (Wildman–Crippen LogP) is 2.31. The first-order chi connectivity index (χ1) is 9.50. The highest BCUT2D eigenvalue weighted by atomic mass is 16.5. The summed E-state index contributed by atoms with van der Waals surface area (Å²) in [6, 6.07) is 15.6.